The van der Waals surface area contributed by atoms with Crippen LogP contribution in [0, 0.1) is 11.8 Å². The molecule has 8 heteroatoms. The summed E-state index contributed by atoms with van der Waals surface area (Å²) in [4.78, 5) is 32.3. The van der Waals surface area contributed by atoms with E-state index in [1.165, 1.54) is 0 Å². The second-order valence-electron chi connectivity index (χ2n) is 12.2. The first-order valence-electron chi connectivity index (χ1n) is 14.6. The van der Waals surface area contributed by atoms with Crippen molar-refractivity contribution in [3.63, 3.8) is 0 Å². The van der Waals surface area contributed by atoms with Crippen molar-refractivity contribution in [2.24, 2.45) is 11.8 Å². The normalized spacial score (nSPS) is 17.3. The molecule has 4 rings (SSSR count). The van der Waals surface area contributed by atoms with Gasteiger partial charge in [-0.05, 0) is 109 Å². The molecule has 0 atom stereocenters. The van der Waals surface area contributed by atoms with E-state index in [-0.39, 0.29) is 12.0 Å². The van der Waals surface area contributed by atoms with Crippen molar-refractivity contribution in [1.82, 2.24) is 20.5 Å². The number of aromatic nitrogens is 1. The number of amides is 2. The lowest BCUT2D eigenvalue weighted by Gasteiger charge is -2.29. The maximum atomic E-state index is 13.4. The van der Waals surface area contributed by atoms with Crippen LogP contribution in [0.2, 0.25) is 0 Å². The number of ether oxygens (including phenoxy) is 2. The van der Waals surface area contributed by atoms with Gasteiger partial charge in [-0.1, -0.05) is 18.2 Å². The Hall–Kier alpha value is -3.65. The Morgan fingerprint density at radius 3 is 2.20 bits per heavy atom. The van der Waals surface area contributed by atoms with Gasteiger partial charge in [0.05, 0.1) is 16.8 Å². The predicted octanol–water partition coefficient (Wildman–Crippen LogP) is 5.90. The van der Waals surface area contributed by atoms with Gasteiger partial charge in [-0.2, -0.15) is 0 Å². The molecule has 1 aromatic heterocycles. The summed E-state index contributed by atoms with van der Waals surface area (Å²) in [5.41, 5.74) is 2.62. The van der Waals surface area contributed by atoms with Gasteiger partial charge >= 0.3 is 6.09 Å². The zero-order valence-corrected chi connectivity index (χ0v) is 25.0. The van der Waals surface area contributed by atoms with Crippen LogP contribution in [0.5, 0.6) is 5.75 Å². The van der Waals surface area contributed by atoms with Crippen LogP contribution in [-0.4, -0.2) is 67.8 Å². The lowest BCUT2D eigenvalue weighted by atomic mass is 9.82. The minimum Gasteiger partial charge on any atom is -0.492 e. The number of likely N-dealkylation sites (N-methyl/N-ethyl adjacent to an activating group) is 1. The molecule has 41 heavy (non-hydrogen) atoms. The Labute approximate surface area is 243 Å². The van der Waals surface area contributed by atoms with E-state index in [0.717, 1.165) is 60.1 Å². The van der Waals surface area contributed by atoms with Crippen LogP contribution in [0.15, 0.2) is 54.6 Å². The van der Waals surface area contributed by atoms with Crippen molar-refractivity contribution in [2.45, 2.75) is 52.1 Å². The van der Waals surface area contributed by atoms with Crippen molar-refractivity contribution in [1.29, 1.82) is 0 Å². The standard InChI is InChI=1S/C33H44N4O4/c1-33(2,3)41-32(39)35-22-24-12-10-23(11-13-24)21-34-31(38)28-20-30(36-29-9-7-6-8-27(28)29)25-14-16-26(17-15-25)40-19-18-37(4)5/h6-9,14-17,20,23-24H,10-13,18-19,21-22H2,1-5H3,(H,34,38)(H,35,39)/t23-,24-. The molecule has 0 aliphatic heterocycles. The van der Waals surface area contributed by atoms with Crippen molar-refractivity contribution in [3.05, 3.63) is 60.2 Å². The van der Waals surface area contributed by atoms with Crippen LogP contribution in [0.1, 0.15) is 56.8 Å². The third-order valence-electron chi connectivity index (χ3n) is 7.37. The zero-order chi connectivity index (χ0) is 29.4. The fourth-order valence-corrected chi connectivity index (χ4v) is 5.09. The van der Waals surface area contributed by atoms with Crippen LogP contribution in [0.25, 0.3) is 22.2 Å². The molecule has 0 saturated heterocycles. The largest absolute Gasteiger partial charge is 0.492 e. The molecule has 1 aliphatic carbocycles. The molecule has 0 unspecified atom stereocenters. The lowest BCUT2D eigenvalue weighted by Crippen LogP contribution is -2.37. The summed E-state index contributed by atoms with van der Waals surface area (Å²) < 4.78 is 11.2. The van der Waals surface area contributed by atoms with Gasteiger partial charge in [0, 0.05) is 30.6 Å². The van der Waals surface area contributed by atoms with E-state index in [2.05, 4.69) is 15.5 Å². The number of para-hydroxylation sites is 1. The molecule has 1 saturated carbocycles. The van der Waals surface area contributed by atoms with Crippen molar-refractivity contribution >= 4 is 22.9 Å². The molecule has 1 fully saturated rings. The van der Waals surface area contributed by atoms with Crippen molar-refractivity contribution in [2.75, 3.05) is 40.3 Å². The van der Waals surface area contributed by atoms with Crippen LogP contribution >= 0.6 is 0 Å². The molecular weight excluding hydrogens is 516 g/mol. The van der Waals surface area contributed by atoms with Gasteiger partial charge < -0.3 is 25.0 Å². The summed E-state index contributed by atoms with van der Waals surface area (Å²) >= 11 is 0. The lowest BCUT2D eigenvalue weighted by molar-refractivity contribution is 0.0512. The number of fused-ring (bicyclic) bond motifs is 1. The molecular formula is C33H44N4O4. The average Bonchev–Trinajstić information content (AvgIpc) is 2.94. The number of hydrogen-bond donors (Lipinski definition) is 2. The summed E-state index contributed by atoms with van der Waals surface area (Å²) in [6, 6.07) is 17.5. The van der Waals surface area contributed by atoms with E-state index in [1.54, 1.807) is 0 Å². The van der Waals surface area contributed by atoms with E-state index in [0.29, 0.717) is 37.1 Å². The van der Waals surface area contributed by atoms with Gasteiger partial charge in [-0.25, -0.2) is 9.78 Å². The summed E-state index contributed by atoms with van der Waals surface area (Å²) in [5, 5.41) is 6.93. The summed E-state index contributed by atoms with van der Waals surface area (Å²) in [5.74, 6) is 1.59. The number of nitrogens with zero attached hydrogens (tertiary/aromatic N) is 2. The van der Waals surface area contributed by atoms with Crippen LogP contribution in [0.4, 0.5) is 4.79 Å². The Morgan fingerprint density at radius 1 is 0.927 bits per heavy atom. The second-order valence-corrected chi connectivity index (χ2v) is 12.2. The molecule has 0 radical (unpaired) electrons. The third-order valence-corrected chi connectivity index (χ3v) is 7.37. The maximum absolute atomic E-state index is 13.4. The van der Waals surface area contributed by atoms with Crippen molar-refractivity contribution < 1.29 is 19.1 Å². The number of hydrogen-bond acceptors (Lipinski definition) is 6. The first-order valence-corrected chi connectivity index (χ1v) is 14.6. The van der Waals surface area contributed by atoms with E-state index < -0.39 is 5.60 Å². The Balaban J connectivity index is 1.34. The van der Waals surface area contributed by atoms with Crippen LogP contribution in [-0.2, 0) is 4.74 Å². The van der Waals surface area contributed by atoms with Crippen LogP contribution in [0.3, 0.4) is 0 Å². The summed E-state index contributed by atoms with van der Waals surface area (Å²) in [7, 11) is 4.04. The van der Waals surface area contributed by atoms with Crippen LogP contribution < -0.4 is 15.4 Å². The van der Waals surface area contributed by atoms with E-state index in [1.807, 2.05) is 89.5 Å². The quantitative estimate of drug-likeness (QED) is 0.321. The predicted molar refractivity (Wildman–Crippen MR) is 163 cm³/mol. The number of nitrogens with one attached hydrogen (secondary N) is 2. The molecule has 2 amide bonds. The second kappa shape index (κ2) is 13.8. The maximum Gasteiger partial charge on any atom is 0.407 e. The average molecular weight is 561 g/mol. The molecule has 8 nitrogen and oxygen atoms in total. The Morgan fingerprint density at radius 2 is 1.56 bits per heavy atom. The van der Waals surface area contributed by atoms with Gasteiger partial charge in [0.1, 0.15) is 18.0 Å². The first-order chi connectivity index (χ1) is 19.6. The number of rotatable bonds is 10. The molecule has 220 valence electrons. The highest BCUT2D eigenvalue weighted by molar-refractivity contribution is 6.07. The molecule has 0 spiro atoms. The number of carbonyl (C=O) groups excluding carboxylic acids is 2. The van der Waals surface area contributed by atoms with E-state index in [9.17, 15) is 9.59 Å². The van der Waals surface area contributed by atoms with Gasteiger partial charge in [-0.15, -0.1) is 0 Å². The minimum atomic E-state index is -0.494. The molecule has 2 N–H and O–H groups in total. The highest BCUT2D eigenvalue weighted by Crippen LogP contribution is 2.29. The van der Waals surface area contributed by atoms with E-state index in [4.69, 9.17) is 14.5 Å². The minimum absolute atomic E-state index is 0.0813. The Kier molecular flexibility index (Phi) is 10.2. The molecule has 3 aromatic rings. The fourth-order valence-electron chi connectivity index (χ4n) is 5.09. The van der Waals surface area contributed by atoms with Crippen molar-refractivity contribution in [3.8, 4) is 17.0 Å². The fraction of sp³-hybridized carbons (Fsp3) is 0.485. The van der Waals surface area contributed by atoms with Gasteiger partial charge in [0.25, 0.3) is 5.91 Å². The van der Waals surface area contributed by atoms with Gasteiger partial charge in [0.15, 0.2) is 0 Å². The zero-order valence-electron chi connectivity index (χ0n) is 25.0. The molecule has 0 bridgehead atoms. The SMILES string of the molecule is CN(C)CCOc1ccc(-c2cc(C(=O)NC[C@H]3CC[C@H](CNC(=O)OC(C)(C)C)CC3)c3ccccc3n2)cc1. The smallest absolute Gasteiger partial charge is 0.407 e. The third kappa shape index (κ3) is 9.18. The first kappa shape index (κ1) is 30.3. The number of carbonyl (C=O) groups is 2. The highest BCUT2D eigenvalue weighted by atomic mass is 16.6. The highest BCUT2D eigenvalue weighted by Gasteiger charge is 2.24. The summed E-state index contributed by atoms with van der Waals surface area (Å²) in [6.45, 7) is 8.32. The number of benzene rings is 2. The van der Waals surface area contributed by atoms with E-state index >= 15 is 0 Å². The summed E-state index contributed by atoms with van der Waals surface area (Å²) in [6.07, 6.45) is 3.72. The topological polar surface area (TPSA) is 92.8 Å². The number of pyridine rings is 1. The number of alkyl carbamates (subject to hydrolysis) is 1. The van der Waals surface area contributed by atoms with Gasteiger partial charge in [-0.3, -0.25) is 4.79 Å². The Bertz CT molecular complexity index is 1310. The molecule has 1 heterocycles. The van der Waals surface area contributed by atoms with Gasteiger partial charge in [0.2, 0.25) is 0 Å². The monoisotopic (exact) mass is 560 g/mol. The molecule has 1 aliphatic rings. The molecule has 2 aromatic carbocycles.